The van der Waals surface area contributed by atoms with Gasteiger partial charge in [0.25, 0.3) is 0 Å². The number of hydrogen-bond donors (Lipinski definition) is 2. The Morgan fingerprint density at radius 2 is 2.10 bits per heavy atom. The SMILES string of the molecule is Cc1ccccc1N(CCC(=O)O)C(=O)[C@H]1CCC(=O)N1. The molecule has 6 heteroatoms. The highest BCUT2D eigenvalue weighted by molar-refractivity contribution is 6.01. The number of para-hydroxylation sites is 1. The van der Waals surface area contributed by atoms with Crippen LogP contribution in [-0.2, 0) is 14.4 Å². The summed E-state index contributed by atoms with van der Waals surface area (Å²) in [7, 11) is 0. The van der Waals surface area contributed by atoms with Crippen LogP contribution in [0.25, 0.3) is 0 Å². The Morgan fingerprint density at radius 3 is 2.67 bits per heavy atom. The summed E-state index contributed by atoms with van der Waals surface area (Å²) in [6.07, 6.45) is 0.644. The van der Waals surface area contributed by atoms with E-state index >= 15 is 0 Å². The fraction of sp³-hybridized carbons (Fsp3) is 0.400. The van der Waals surface area contributed by atoms with Gasteiger partial charge in [-0.2, -0.15) is 0 Å². The van der Waals surface area contributed by atoms with Crippen molar-refractivity contribution in [2.45, 2.75) is 32.2 Å². The summed E-state index contributed by atoms with van der Waals surface area (Å²) in [5.41, 5.74) is 1.57. The van der Waals surface area contributed by atoms with Crippen LogP contribution in [0.4, 0.5) is 5.69 Å². The van der Waals surface area contributed by atoms with Crippen LogP contribution in [0.2, 0.25) is 0 Å². The molecule has 0 spiro atoms. The normalized spacial score (nSPS) is 17.4. The Hall–Kier alpha value is -2.37. The second-order valence-electron chi connectivity index (χ2n) is 5.08. The second kappa shape index (κ2) is 6.39. The minimum atomic E-state index is -0.961. The molecular formula is C15H18N2O4. The molecule has 0 radical (unpaired) electrons. The van der Waals surface area contributed by atoms with Crippen molar-refractivity contribution in [1.29, 1.82) is 0 Å². The highest BCUT2D eigenvalue weighted by Crippen LogP contribution is 2.22. The minimum Gasteiger partial charge on any atom is -0.481 e. The zero-order chi connectivity index (χ0) is 15.4. The van der Waals surface area contributed by atoms with Gasteiger partial charge >= 0.3 is 5.97 Å². The quantitative estimate of drug-likeness (QED) is 0.849. The molecule has 6 nitrogen and oxygen atoms in total. The van der Waals surface area contributed by atoms with Gasteiger partial charge in [0.05, 0.1) is 6.42 Å². The first kappa shape index (κ1) is 15.0. The lowest BCUT2D eigenvalue weighted by Gasteiger charge is -2.26. The van der Waals surface area contributed by atoms with Gasteiger partial charge in [0.1, 0.15) is 6.04 Å². The number of nitrogens with one attached hydrogen (secondary N) is 1. The fourth-order valence-electron chi connectivity index (χ4n) is 2.41. The van der Waals surface area contributed by atoms with E-state index in [2.05, 4.69) is 5.32 Å². The average molecular weight is 290 g/mol. The molecule has 1 heterocycles. The number of benzene rings is 1. The van der Waals surface area contributed by atoms with Gasteiger partial charge in [-0.15, -0.1) is 0 Å². The maximum Gasteiger partial charge on any atom is 0.305 e. The number of rotatable bonds is 5. The molecule has 1 saturated heterocycles. The van der Waals surface area contributed by atoms with Crippen LogP contribution in [0.15, 0.2) is 24.3 Å². The number of aryl methyl sites for hydroxylation is 1. The number of aliphatic carboxylic acids is 1. The van der Waals surface area contributed by atoms with Crippen molar-refractivity contribution < 1.29 is 19.5 Å². The molecule has 21 heavy (non-hydrogen) atoms. The Labute approximate surface area is 122 Å². The third-order valence-corrected chi connectivity index (χ3v) is 3.51. The van der Waals surface area contributed by atoms with Crippen LogP contribution in [0.1, 0.15) is 24.8 Å². The van der Waals surface area contributed by atoms with Crippen molar-refractivity contribution in [3.63, 3.8) is 0 Å². The number of carbonyl (C=O) groups is 3. The zero-order valence-corrected chi connectivity index (χ0v) is 11.8. The molecule has 0 bridgehead atoms. The third kappa shape index (κ3) is 3.59. The van der Waals surface area contributed by atoms with E-state index in [1.807, 2.05) is 19.1 Å². The predicted molar refractivity (Wildman–Crippen MR) is 76.9 cm³/mol. The molecule has 0 unspecified atom stereocenters. The number of carboxylic acids is 1. The van der Waals surface area contributed by atoms with E-state index in [4.69, 9.17) is 5.11 Å². The van der Waals surface area contributed by atoms with E-state index in [0.29, 0.717) is 18.5 Å². The number of hydrogen-bond acceptors (Lipinski definition) is 3. The number of amides is 2. The fourth-order valence-corrected chi connectivity index (χ4v) is 2.41. The minimum absolute atomic E-state index is 0.0887. The van der Waals surface area contributed by atoms with E-state index in [-0.39, 0.29) is 24.8 Å². The Balaban J connectivity index is 2.23. The molecule has 0 saturated carbocycles. The summed E-state index contributed by atoms with van der Waals surface area (Å²) in [5, 5.41) is 11.5. The topological polar surface area (TPSA) is 86.7 Å². The molecule has 1 fully saturated rings. The lowest BCUT2D eigenvalue weighted by atomic mass is 10.1. The largest absolute Gasteiger partial charge is 0.481 e. The van der Waals surface area contributed by atoms with Crippen molar-refractivity contribution in [3.8, 4) is 0 Å². The van der Waals surface area contributed by atoms with Crippen LogP contribution in [-0.4, -0.2) is 35.5 Å². The molecule has 2 amide bonds. The number of anilines is 1. The molecule has 1 aliphatic rings. The van der Waals surface area contributed by atoms with Crippen LogP contribution in [0, 0.1) is 6.92 Å². The third-order valence-electron chi connectivity index (χ3n) is 3.51. The molecule has 1 aliphatic heterocycles. The van der Waals surface area contributed by atoms with Gasteiger partial charge in [-0.05, 0) is 25.0 Å². The van der Waals surface area contributed by atoms with Crippen molar-refractivity contribution in [2.75, 3.05) is 11.4 Å². The smallest absolute Gasteiger partial charge is 0.305 e. The van der Waals surface area contributed by atoms with Gasteiger partial charge in [-0.1, -0.05) is 18.2 Å². The Morgan fingerprint density at radius 1 is 1.38 bits per heavy atom. The number of carbonyl (C=O) groups excluding carboxylic acids is 2. The van der Waals surface area contributed by atoms with Crippen LogP contribution >= 0.6 is 0 Å². The van der Waals surface area contributed by atoms with Gasteiger partial charge in [0.2, 0.25) is 11.8 Å². The number of carboxylic acid groups (broad SMARTS) is 1. The van der Waals surface area contributed by atoms with Crippen molar-refractivity contribution in [1.82, 2.24) is 5.32 Å². The summed E-state index contributed by atoms with van der Waals surface area (Å²) in [5.74, 6) is -1.36. The molecule has 0 aromatic heterocycles. The molecule has 1 aromatic rings. The maximum absolute atomic E-state index is 12.6. The van der Waals surface area contributed by atoms with E-state index in [0.717, 1.165) is 5.56 Å². The van der Waals surface area contributed by atoms with E-state index in [1.165, 1.54) is 4.90 Å². The predicted octanol–water partition coefficient (Wildman–Crippen LogP) is 1.08. The molecular weight excluding hydrogens is 272 g/mol. The summed E-state index contributed by atoms with van der Waals surface area (Å²) in [4.78, 5) is 36.1. The van der Waals surface area contributed by atoms with Gasteiger partial charge in [0.15, 0.2) is 0 Å². The summed E-state index contributed by atoms with van der Waals surface area (Å²) < 4.78 is 0. The van der Waals surface area contributed by atoms with Crippen molar-refractivity contribution in [3.05, 3.63) is 29.8 Å². The monoisotopic (exact) mass is 290 g/mol. The molecule has 2 rings (SSSR count). The van der Waals surface area contributed by atoms with Gasteiger partial charge < -0.3 is 15.3 Å². The summed E-state index contributed by atoms with van der Waals surface area (Å²) in [6.45, 7) is 1.95. The molecule has 2 N–H and O–H groups in total. The first-order valence-electron chi connectivity index (χ1n) is 6.87. The molecule has 1 aromatic carbocycles. The first-order chi connectivity index (χ1) is 9.99. The first-order valence-corrected chi connectivity index (χ1v) is 6.87. The van der Waals surface area contributed by atoms with Crippen molar-refractivity contribution in [2.24, 2.45) is 0 Å². The van der Waals surface area contributed by atoms with E-state index < -0.39 is 12.0 Å². The number of nitrogens with zero attached hydrogens (tertiary/aromatic N) is 1. The zero-order valence-electron chi connectivity index (χ0n) is 11.8. The highest BCUT2D eigenvalue weighted by Gasteiger charge is 2.31. The maximum atomic E-state index is 12.6. The Kier molecular flexibility index (Phi) is 4.57. The average Bonchev–Trinajstić information content (AvgIpc) is 2.87. The molecule has 1 atom stereocenters. The second-order valence-corrected chi connectivity index (χ2v) is 5.08. The highest BCUT2D eigenvalue weighted by atomic mass is 16.4. The lowest BCUT2D eigenvalue weighted by molar-refractivity contribution is -0.136. The molecule has 112 valence electrons. The van der Waals surface area contributed by atoms with Crippen LogP contribution < -0.4 is 10.2 Å². The van der Waals surface area contributed by atoms with Crippen LogP contribution in [0.5, 0.6) is 0 Å². The lowest BCUT2D eigenvalue weighted by Crippen LogP contribution is -2.45. The van der Waals surface area contributed by atoms with Gasteiger partial charge in [0, 0.05) is 18.7 Å². The van der Waals surface area contributed by atoms with E-state index in [1.54, 1.807) is 12.1 Å². The standard InChI is InChI=1S/C15H18N2O4/c1-10-4-2-3-5-12(10)17(9-8-14(19)20)15(21)11-6-7-13(18)16-11/h2-5,11H,6-9H2,1H3,(H,16,18)(H,19,20)/t11-/m1/s1. The van der Waals surface area contributed by atoms with Gasteiger partial charge in [-0.25, -0.2) is 0 Å². The van der Waals surface area contributed by atoms with Crippen LogP contribution in [0.3, 0.4) is 0 Å². The summed E-state index contributed by atoms with van der Waals surface area (Å²) >= 11 is 0. The molecule has 0 aliphatic carbocycles. The van der Waals surface area contributed by atoms with Crippen molar-refractivity contribution >= 4 is 23.5 Å². The Bertz CT molecular complexity index is 571. The van der Waals surface area contributed by atoms with E-state index in [9.17, 15) is 14.4 Å². The summed E-state index contributed by atoms with van der Waals surface area (Å²) in [6, 6.07) is 6.74. The van der Waals surface area contributed by atoms with Gasteiger partial charge in [-0.3, -0.25) is 14.4 Å².